The van der Waals surface area contributed by atoms with Crippen molar-refractivity contribution in [3.63, 3.8) is 0 Å². The van der Waals surface area contributed by atoms with Crippen LogP contribution in [0.5, 0.6) is 0 Å². The fraction of sp³-hybridized carbons (Fsp3) is 0.190. The van der Waals surface area contributed by atoms with Gasteiger partial charge in [0.1, 0.15) is 0 Å². The Morgan fingerprint density at radius 2 is 1.69 bits per heavy atom. The van der Waals surface area contributed by atoms with Crippen molar-refractivity contribution in [2.45, 2.75) is 18.2 Å². The van der Waals surface area contributed by atoms with E-state index in [1.54, 1.807) is 72.5 Å². The quantitative estimate of drug-likeness (QED) is 0.603. The molecule has 0 saturated carbocycles. The minimum absolute atomic E-state index is 0.163. The highest BCUT2D eigenvalue weighted by molar-refractivity contribution is 7.91. The lowest BCUT2D eigenvalue weighted by atomic mass is 10.1. The standard InChI is InChI=1S/C21H21N3O4S/c1-15-3-9-18(10-4-15)29(27,28)14-11-19(25)23-17-7-5-16(6-8-17)20(26)21-22-12-13-24(21)2/h3-10,12-13H,11,14H2,1-2H3,(H,23,25). The first kappa shape index (κ1) is 20.5. The van der Waals surface area contributed by atoms with E-state index in [1.165, 1.54) is 0 Å². The number of amides is 1. The predicted octanol–water partition coefficient (Wildman–Crippen LogP) is 2.76. The highest BCUT2D eigenvalue weighted by Crippen LogP contribution is 2.15. The van der Waals surface area contributed by atoms with Gasteiger partial charge in [-0.1, -0.05) is 17.7 Å². The molecule has 8 heteroatoms. The number of rotatable bonds is 7. The predicted molar refractivity (Wildman–Crippen MR) is 110 cm³/mol. The van der Waals surface area contributed by atoms with Crippen molar-refractivity contribution in [3.8, 4) is 0 Å². The maximum Gasteiger partial charge on any atom is 0.228 e. The lowest BCUT2D eigenvalue weighted by molar-refractivity contribution is -0.115. The number of carbonyl (C=O) groups is 2. The van der Waals surface area contributed by atoms with Crippen LogP contribution in [0.2, 0.25) is 0 Å². The number of carbonyl (C=O) groups excluding carboxylic acids is 2. The number of nitrogens with zero attached hydrogens (tertiary/aromatic N) is 2. The van der Waals surface area contributed by atoms with Gasteiger partial charge >= 0.3 is 0 Å². The van der Waals surface area contributed by atoms with E-state index in [2.05, 4.69) is 10.3 Å². The number of nitrogens with one attached hydrogen (secondary N) is 1. The molecule has 0 fully saturated rings. The normalized spacial score (nSPS) is 11.2. The number of anilines is 1. The van der Waals surface area contributed by atoms with E-state index >= 15 is 0 Å². The lowest BCUT2D eigenvalue weighted by Gasteiger charge is -2.08. The van der Waals surface area contributed by atoms with Gasteiger partial charge in [-0.3, -0.25) is 9.59 Å². The Morgan fingerprint density at radius 1 is 1.03 bits per heavy atom. The molecule has 29 heavy (non-hydrogen) atoms. The summed E-state index contributed by atoms with van der Waals surface area (Å²) in [7, 11) is -1.79. The van der Waals surface area contributed by atoms with Gasteiger partial charge in [0.15, 0.2) is 15.7 Å². The molecule has 1 amide bonds. The van der Waals surface area contributed by atoms with Crippen LogP contribution in [0.1, 0.15) is 28.2 Å². The molecule has 1 N–H and O–H groups in total. The Balaban J connectivity index is 1.59. The van der Waals surface area contributed by atoms with Crippen LogP contribution in [0, 0.1) is 6.92 Å². The zero-order chi connectivity index (χ0) is 21.0. The van der Waals surface area contributed by atoms with E-state index in [0.717, 1.165) is 5.56 Å². The first-order valence-corrected chi connectivity index (χ1v) is 10.6. The van der Waals surface area contributed by atoms with E-state index in [-0.39, 0.29) is 22.9 Å². The summed E-state index contributed by atoms with van der Waals surface area (Å²) < 4.78 is 26.3. The summed E-state index contributed by atoms with van der Waals surface area (Å²) in [6, 6.07) is 12.9. The van der Waals surface area contributed by atoms with Gasteiger partial charge in [0.25, 0.3) is 0 Å². The second-order valence-electron chi connectivity index (χ2n) is 6.70. The molecule has 7 nitrogen and oxygen atoms in total. The minimum atomic E-state index is -3.53. The molecule has 3 rings (SSSR count). The molecule has 0 unspecified atom stereocenters. The molecule has 0 aliphatic carbocycles. The summed E-state index contributed by atoms with van der Waals surface area (Å²) in [6.07, 6.45) is 3.07. The maximum atomic E-state index is 12.4. The summed E-state index contributed by atoms with van der Waals surface area (Å²) in [5.74, 6) is -0.594. The number of imidazole rings is 1. The number of hydrogen-bond donors (Lipinski definition) is 1. The number of sulfone groups is 1. The number of benzene rings is 2. The fourth-order valence-electron chi connectivity index (χ4n) is 2.73. The molecule has 150 valence electrons. The van der Waals surface area contributed by atoms with Crippen molar-refractivity contribution in [2.24, 2.45) is 7.05 Å². The molecule has 0 atom stereocenters. The monoisotopic (exact) mass is 411 g/mol. The largest absolute Gasteiger partial charge is 0.331 e. The van der Waals surface area contributed by atoms with Crippen molar-refractivity contribution in [3.05, 3.63) is 77.9 Å². The van der Waals surface area contributed by atoms with E-state index < -0.39 is 15.7 Å². The van der Waals surface area contributed by atoms with Crippen LogP contribution in [0.3, 0.4) is 0 Å². The first-order valence-electron chi connectivity index (χ1n) is 8.97. The average Bonchev–Trinajstić information content (AvgIpc) is 3.13. The van der Waals surface area contributed by atoms with Crippen LogP contribution in [0.25, 0.3) is 0 Å². The summed E-state index contributed by atoms with van der Waals surface area (Å²) in [6.45, 7) is 1.87. The average molecular weight is 411 g/mol. The van der Waals surface area contributed by atoms with E-state index in [1.807, 2.05) is 6.92 Å². The number of aryl methyl sites for hydroxylation is 2. The highest BCUT2D eigenvalue weighted by atomic mass is 32.2. The lowest BCUT2D eigenvalue weighted by Crippen LogP contribution is -2.17. The van der Waals surface area contributed by atoms with Crippen molar-refractivity contribution < 1.29 is 18.0 Å². The Hall–Kier alpha value is -3.26. The minimum Gasteiger partial charge on any atom is -0.331 e. The van der Waals surface area contributed by atoms with Crippen LogP contribution in [0.15, 0.2) is 65.8 Å². The Kier molecular flexibility index (Phi) is 5.93. The van der Waals surface area contributed by atoms with Gasteiger partial charge in [0.05, 0.1) is 10.6 Å². The van der Waals surface area contributed by atoms with Crippen LogP contribution in [-0.4, -0.2) is 35.4 Å². The maximum absolute atomic E-state index is 12.4. The van der Waals surface area contributed by atoms with Gasteiger partial charge in [-0.25, -0.2) is 13.4 Å². The third kappa shape index (κ3) is 4.97. The topological polar surface area (TPSA) is 98.1 Å². The summed E-state index contributed by atoms with van der Waals surface area (Å²) in [5.41, 5.74) is 1.89. The fourth-order valence-corrected chi connectivity index (χ4v) is 3.97. The highest BCUT2D eigenvalue weighted by Gasteiger charge is 2.17. The van der Waals surface area contributed by atoms with Crippen LogP contribution >= 0.6 is 0 Å². The summed E-state index contributed by atoms with van der Waals surface area (Å²) in [5, 5.41) is 2.65. The van der Waals surface area contributed by atoms with Gasteiger partial charge in [-0.15, -0.1) is 0 Å². The number of hydrogen-bond acceptors (Lipinski definition) is 5. The van der Waals surface area contributed by atoms with Crippen LogP contribution < -0.4 is 5.32 Å². The molecule has 1 aromatic heterocycles. The molecule has 0 aliphatic rings. The van der Waals surface area contributed by atoms with Gasteiger partial charge in [-0.2, -0.15) is 0 Å². The summed E-state index contributed by atoms with van der Waals surface area (Å²) >= 11 is 0. The van der Waals surface area contributed by atoms with Crippen LogP contribution in [-0.2, 0) is 21.7 Å². The molecule has 0 bridgehead atoms. The smallest absolute Gasteiger partial charge is 0.228 e. The molecule has 2 aromatic carbocycles. The van der Waals surface area contributed by atoms with E-state index in [9.17, 15) is 18.0 Å². The summed E-state index contributed by atoms with van der Waals surface area (Å²) in [4.78, 5) is 28.8. The van der Waals surface area contributed by atoms with Gasteiger partial charge in [-0.05, 0) is 43.3 Å². The molecule has 0 radical (unpaired) electrons. The molecular weight excluding hydrogens is 390 g/mol. The van der Waals surface area contributed by atoms with E-state index in [4.69, 9.17) is 0 Å². The Morgan fingerprint density at radius 3 is 2.28 bits per heavy atom. The van der Waals surface area contributed by atoms with Gasteiger partial charge in [0, 0.05) is 37.1 Å². The molecular formula is C21H21N3O4S. The van der Waals surface area contributed by atoms with E-state index in [0.29, 0.717) is 17.1 Å². The molecule has 1 heterocycles. The third-order valence-electron chi connectivity index (χ3n) is 4.43. The Bertz CT molecular complexity index is 1130. The molecule has 3 aromatic rings. The zero-order valence-electron chi connectivity index (χ0n) is 16.1. The SMILES string of the molecule is Cc1ccc(S(=O)(=O)CCC(=O)Nc2ccc(C(=O)c3nccn3C)cc2)cc1. The molecule has 0 spiro atoms. The van der Waals surface area contributed by atoms with Crippen molar-refractivity contribution >= 4 is 27.2 Å². The number of ketones is 1. The molecule has 0 saturated heterocycles. The van der Waals surface area contributed by atoms with Gasteiger partial charge in [0.2, 0.25) is 11.7 Å². The third-order valence-corrected chi connectivity index (χ3v) is 6.17. The molecule has 0 aliphatic heterocycles. The number of aromatic nitrogens is 2. The zero-order valence-corrected chi connectivity index (χ0v) is 16.9. The second kappa shape index (κ2) is 8.40. The second-order valence-corrected chi connectivity index (χ2v) is 8.81. The van der Waals surface area contributed by atoms with Gasteiger partial charge < -0.3 is 9.88 Å². The van der Waals surface area contributed by atoms with Crippen molar-refractivity contribution in [1.82, 2.24) is 9.55 Å². The van der Waals surface area contributed by atoms with Crippen LogP contribution in [0.4, 0.5) is 5.69 Å². The first-order chi connectivity index (χ1) is 13.8. The van der Waals surface area contributed by atoms with Crippen molar-refractivity contribution in [1.29, 1.82) is 0 Å². The van der Waals surface area contributed by atoms with Crippen molar-refractivity contribution in [2.75, 3.05) is 11.1 Å². The Labute approximate surface area is 169 Å².